The number of carbonyl (C=O) groups is 1. The van der Waals surface area contributed by atoms with E-state index in [1.165, 1.54) is 12.1 Å². The molecule has 1 fully saturated rings. The molecule has 2 aromatic carbocycles. The number of carbonyl (C=O) groups excluding carboxylic acids is 1. The van der Waals surface area contributed by atoms with Crippen LogP contribution in [0.15, 0.2) is 48.5 Å². The van der Waals surface area contributed by atoms with Crippen molar-refractivity contribution in [3.05, 3.63) is 65.5 Å². The van der Waals surface area contributed by atoms with Crippen molar-refractivity contribution in [3.63, 3.8) is 0 Å². The number of halogens is 1. The Morgan fingerprint density at radius 2 is 1.82 bits per heavy atom. The molecule has 3 rings (SSSR count). The summed E-state index contributed by atoms with van der Waals surface area (Å²) in [6.07, 6.45) is 1.60. The van der Waals surface area contributed by atoms with Gasteiger partial charge in [0.2, 0.25) is 0 Å². The molecule has 1 saturated heterocycles. The van der Waals surface area contributed by atoms with Gasteiger partial charge in [0.05, 0.1) is 0 Å². The van der Waals surface area contributed by atoms with E-state index in [-0.39, 0.29) is 23.6 Å². The highest BCUT2D eigenvalue weighted by Gasteiger charge is 2.27. The number of hydrogen-bond donors (Lipinski definition) is 0. The van der Waals surface area contributed by atoms with E-state index >= 15 is 0 Å². The molecule has 0 amide bonds. The van der Waals surface area contributed by atoms with Gasteiger partial charge >= 0.3 is 0 Å². The van der Waals surface area contributed by atoms with E-state index < -0.39 is 0 Å². The second-order valence-electron chi connectivity index (χ2n) is 7.38. The van der Waals surface area contributed by atoms with Crippen LogP contribution in [0.4, 0.5) is 4.39 Å². The van der Waals surface area contributed by atoms with Crippen LogP contribution in [0.1, 0.15) is 28.8 Å². The fraction of sp³-hybridized carbons (Fsp3) is 0.435. The van der Waals surface area contributed by atoms with Gasteiger partial charge in [-0.05, 0) is 68.8 Å². The molecule has 28 heavy (non-hydrogen) atoms. The third-order valence-corrected chi connectivity index (χ3v) is 5.40. The molecule has 0 saturated carbocycles. The van der Waals surface area contributed by atoms with E-state index in [1.807, 2.05) is 31.2 Å². The van der Waals surface area contributed by atoms with Gasteiger partial charge in [-0.15, -0.1) is 0 Å². The van der Waals surface area contributed by atoms with Crippen LogP contribution in [-0.4, -0.2) is 50.1 Å². The second kappa shape index (κ2) is 9.80. The molecule has 1 heterocycles. The number of methoxy groups -OCH3 is 1. The number of ether oxygens (including phenoxy) is 2. The monoisotopic (exact) mass is 385 g/mol. The fourth-order valence-electron chi connectivity index (χ4n) is 3.61. The number of nitrogens with zero attached hydrogens (tertiary/aromatic N) is 1. The van der Waals surface area contributed by atoms with Crippen LogP contribution in [0.3, 0.4) is 0 Å². The summed E-state index contributed by atoms with van der Waals surface area (Å²) in [5.41, 5.74) is 1.71. The molecule has 0 bridgehead atoms. The molecule has 0 aromatic heterocycles. The normalized spacial score (nSPS) is 16.7. The van der Waals surface area contributed by atoms with Crippen LogP contribution in [0, 0.1) is 18.7 Å². The molecule has 0 spiro atoms. The van der Waals surface area contributed by atoms with Gasteiger partial charge in [-0.3, -0.25) is 4.79 Å². The first-order valence-electron chi connectivity index (χ1n) is 9.80. The molecule has 4 nitrogen and oxygen atoms in total. The second-order valence-corrected chi connectivity index (χ2v) is 7.38. The maximum atomic E-state index is 13.1. The van der Waals surface area contributed by atoms with Crippen molar-refractivity contribution < 1.29 is 18.7 Å². The van der Waals surface area contributed by atoms with Crippen molar-refractivity contribution in [1.29, 1.82) is 0 Å². The summed E-state index contributed by atoms with van der Waals surface area (Å²) in [7, 11) is 1.71. The van der Waals surface area contributed by atoms with Gasteiger partial charge in [-0.2, -0.15) is 0 Å². The van der Waals surface area contributed by atoms with Crippen LogP contribution in [0.5, 0.6) is 5.75 Å². The predicted octanol–water partition coefficient (Wildman–Crippen LogP) is 4.12. The summed E-state index contributed by atoms with van der Waals surface area (Å²) in [6, 6.07) is 13.8. The van der Waals surface area contributed by atoms with Crippen molar-refractivity contribution in [1.82, 2.24) is 4.90 Å². The fourth-order valence-corrected chi connectivity index (χ4v) is 3.61. The van der Waals surface area contributed by atoms with Crippen molar-refractivity contribution in [3.8, 4) is 5.75 Å². The minimum absolute atomic E-state index is 0.00549. The van der Waals surface area contributed by atoms with Crippen LogP contribution in [0.25, 0.3) is 0 Å². The molecule has 1 aliphatic heterocycles. The van der Waals surface area contributed by atoms with E-state index in [0.29, 0.717) is 12.2 Å². The molecule has 0 aliphatic carbocycles. The van der Waals surface area contributed by atoms with Gasteiger partial charge in [-0.25, -0.2) is 4.39 Å². The third kappa shape index (κ3) is 5.40. The highest BCUT2D eigenvalue weighted by atomic mass is 19.1. The zero-order valence-corrected chi connectivity index (χ0v) is 16.6. The van der Waals surface area contributed by atoms with Crippen molar-refractivity contribution in [2.75, 3.05) is 33.4 Å². The number of rotatable bonds is 8. The molecule has 0 radical (unpaired) electrons. The first-order valence-corrected chi connectivity index (χ1v) is 9.80. The van der Waals surface area contributed by atoms with Crippen molar-refractivity contribution in [2.45, 2.75) is 25.9 Å². The van der Waals surface area contributed by atoms with E-state index in [1.54, 1.807) is 19.2 Å². The largest absolute Gasteiger partial charge is 0.491 e. The molecule has 150 valence electrons. The molecule has 5 heteroatoms. The number of benzene rings is 2. The number of piperidine rings is 1. The number of aryl methyl sites for hydroxylation is 1. The molecule has 1 aliphatic rings. The molecular weight excluding hydrogens is 357 g/mol. The highest BCUT2D eigenvalue weighted by Crippen LogP contribution is 2.23. The Hall–Kier alpha value is -2.24. The van der Waals surface area contributed by atoms with Crippen LogP contribution >= 0.6 is 0 Å². The minimum atomic E-state index is -0.315. The van der Waals surface area contributed by atoms with Crippen molar-refractivity contribution in [2.24, 2.45) is 5.92 Å². The molecule has 0 N–H and O–H groups in total. The Morgan fingerprint density at radius 1 is 1.14 bits per heavy atom. The van der Waals surface area contributed by atoms with Gasteiger partial charge in [0, 0.05) is 25.1 Å². The standard InChI is InChI=1S/C23H28FNO3/c1-17-5-3-4-6-22(17)28-16-21(27-2)15-25-13-11-19(12-14-25)23(26)18-7-9-20(24)10-8-18/h3-10,19,21H,11-16H2,1-2H3. The summed E-state index contributed by atoms with van der Waals surface area (Å²) in [5, 5.41) is 0. The van der Waals surface area contributed by atoms with Crippen LogP contribution < -0.4 is 4.74 Å². The Bertz CT molecular complexity index is 770. The first kappa shape index (κ1) is 20.5. The van der Waals surface area contributed by atoms with Gasteiger partial charge < -0.3 is 14.4 Å². The Labute approximate surface area is 166 Å². The van der Waals surface area contributed by atoms with Crippen LogP contribution in [0.2, 0.25) is 0 Å². The molecule has 2 aromatic rings. The van der Waals surface area contributed by atoms with Gasteiger partial charge in [0.1, 0.15) is 24.3 Å². The van der Waals surface area contributed by atoms with E-state index in [4.69, 9.17) is 9.47 Å². The quantitative estimate of drug-likeness (QED) is 0.641. The molecular formula is C23H28FNO3. The topological polar surface area (TPSA) is 38.8 Å². The van der Waals surface area contributed by atoms with Gasteiger partial charge in [-0.1, -0.05) is 18.2 Å². The van der Waals surface area contributed by atoms with E-state index in [9.17, 15) is 9.18 Å². The number of Topliss-reactive ketones (excluding diaryl/α,β-unsaturated/α-hetero) is 1. The summed E-state index contributed by atoms with van der Waals surface area (Å²) in [4.78, 5) is 14.9. The Kier molecular flexibility index (Phi) is 7.18. The summed E-state index contributed by atoms with van der Waals surface area (Å²) in [5.74, 6) is 0.690. The number of likely N-dealkylation sites (tertiary alicyclic amines) is 1. The summed E-state index contributed by atoms with van der Waals surface area (Å²) in [6.45, 7) is 5.00. The maximum absolute atomic E-state index is 13.1. The molecule has 1 atom stereocenters. The smallest absolute Gasteiger partial charge is 0.166 e. The van der Waals surface area contributed by atoms with Gasteiger partial charge in [0.15, 0.2) is 5.78 Å². The zero-order valence-electron chi connectivity index (χ0n) is 16.6. The van der Waals surface area contributed by atoms with Crippen molar-refractivity contribution >= 4 is 5.78 Å². The number of ketones is 1. The van der Waals surface area contributed by atoms with E-state index in [2.05, 4.69) is 4.90 Å². The summed E-state index contributed by atoms with van der Waals surface area (Å²) < 4.78 is 24.6. The predicted molar refractivity (Wildman–Crippen MR) is 107 cm³/mol. The lowest BCUT2D eigenvalue weighted by Gasteiger charge is -2.33. The summed E-state index contributed by atoms with van der Waals surface area (Å²) >= 11 is 0. The molecule has 1 unspecified atom stereocenters. The number of para-hydroxylation sites is 1. The van der Waals surface area contributed by atoms with Gasteiger partial charge in [0.25, 0.3) is 0 Å². The van der Waals surface area contributed by atoms with E-state index in [0.717, 1.165) is 43.8 Å². The Morgan fingerprint density at radius 3 is 2.46 bits per heavy atom. The maximum Gasteiger partial charge on any atom is 0.166 e. The zero-order chi connectivity index (χ0) is 19.9. The minimum Gasteiger partial charge on any atom is -0.491 e. The lowest BCUT2D eigenvalue weighted by molar-refractivity contribution is 0.0210. The van der Waals surface area contributed by atoms with Crippen LogP contribution in [-0.2, 0) is 4.74 Å². The average molecular weight is 385 g/mol. The first-order chi connectivity index (χ1) is 13.6. The Balaban J connectivity index is 1.46. The SMILES string of the molecule is COC(COc1ccccc1C)CN1CCC(C(=O)c2ccc(F)cc2)CC1. The third-order valence-electron chi connectivity index (χ3n) is 5.40. The number of hydrogen-bond acceptors (Lipinski definition) is 4. The highest BCUT2D eigenvalue weighted by molar-refractivity contribution is 5.97. The lowest BCUT2D eigenvalue weighted by atomic mass is 9.89. The average Bonchev–Trinajstić information content (AvgIpc) is 2.72. The lowest BCUT2D eigenvalue weighted by Crippen LogP contribution is -2.42.